The summed E-state index contributed by atoms with van der Waals surface area (Å²) in [7, 11) is 0. The molecule has 0 bridgehead atoms. The molecular formula is C25H17ClF5N3O. The number of amides is 1. The number of carbonyl (C=O) groups excluding carboxylic acids is 1. The summed E-state index contributed by atoms with van der Waals surface area (Å²) in [5, 5.41) is 3.39. The van der Waals surface area contributed by atoms with E-state index in [2.05, 4.69) is 5.10 Å². The molecule has 35 heavy (non-hydrogen) atoms. The molecule has 0 unspecified atom stereocenters. The van der Waals surface area contributed by atoms with E-state index in [9.17, 15) is 18.0 Å². The normalized spacial score (nSPS) is 14.7. The van der Waals surface area contributed by atoms with Gasteiger partial charge in [-0.05, 0) is 55.3 Å². The van der Waals surface area contributed by atoms with E-state index in [1.165, 1.54) is 41.3 Å². The van der Waals surface area contributed by atoms with Crippen molar-refractivity contribution >= 4 is 34.1 Å². The topological polar surface area (TPSA) is 38.1 Å². The van der Waals surface area contributed by atoms with Crippen LogP contribution in [-0.4, -0.2) is 22.2 Å². The summed E-state index contributed by atoms with van der Waals surface area (Å²) in [6, 6.07) is 11.9. The highest BCUT2D eigenvalue weighted by Crippen LogP contribution is 2.39. The maximum Gasteiger partial charge on any atom is 0.435 e. The van der Waals surface area contributed by atoms with Crippen LogP contribution < -0.4 is 4.90 Å². The minimum atomic E-state index is -4.84. The first-order valence-electron chi connectivity index (χ1n) is 10.8. The van der Waals surface area contributed by atoms with Crippen LogP contribution in [0.5, 0.6) is 0 Å². The van der Waals surface area contributed by atoms with Gasteiger partial charge in [0.05, 0.1) is 5.69 Å². The average molecular weight is 506 g/mol. The van der Waals surface area contributed by atoms with Gasteiger partial charge >= 0.3 is 6.18 Å². The van der Waals surface area contributed by atoms with Gasteiger partial charge < -0.3 is 4.90 Å². The van der Waals surface area contributed by atoms with Crippen molar-refractivity contribution in [3.63, 3.8) is 0 Å². The minimum absolute atomic E-state index is 0.119. The number of nitrogens with zero attached hydrogens (tertiary/aromatic N) is 3. The molecule has 1 amide bonds. The van der Waals surface area contributed by atoms with Crippen LogP contribution in [0, 0.1) is 11.6 Å². The van der Waals surface area contributed by atoms with E-state index >= 15 is 8.78 Å². The lowest BCUT2D eigenvalue weighted by Gasteiger charge is -2.27. The van der Waals surface area contributed by atoms with Gasteiger partial charge in [-0.1, -0.05) is 23.7 Å². The van der Waals surface area contributed by atoms with E-state index in [0.29, 0.717) is 18.7 Å². The first-order chi connectivity index (χ1) is 16.6. The fraction of sp³-hybridized carbons (Fsp3) is 0.200. The number of piperidine rings is 1. The van der Waals surface area contributed by atoms with E-state index in [4.69, 9.17) is 11.6 Å². The van der Waals surface area contributed by atoms with Crippen LogP contribution in [0.3, 0.4) is 0 Å². The van der Waals surface area contributed by atoms with Gasteiger partial charge in [0.1, 0.15) is 11.3 Å². The van der Waals surface area contributed by atoms with Gasteiger partial charge in [-0.2, -0.15) is 18.3 Å². The third-order valence-electron chi connectivity index (χ3n) is 5.98. The Labute approximate surface area is 201 Å². The second-order valence-electron chi connectivity index (χ2n) is 8.23. The molecule has 4 nitrogen and oxygen atoms in total. The number of alkyl halides is 3. The molecule has 1 saturated heterocycles. The Bertz CT molecular complexity index is 1460. The number of rotatable bonds is 3. The summed E-state index contributed by atoms with van der Waals surface area (Å²) >= 11 is 5.98. The van der Waals surface area contributed by atoms with Crippen molar-refractivity contribution in [2.45, 2.75) is 25.4 Å². The summed E-state index contributed by atoms with van der Waals surface area (Å²) in [4.78, 5) is 13.6. The van der Waals surface area contributed by atoms with Crippen LogP contribution in [0.15, 0.2) is 54.6 Å². The monoisotopic (exact) mass is 505 g/mol. The van der Waals surface area contributed by atoms with Gasteiger partial charge in [0.2, 0.25) is 5.91 Å². The van der Waals surface area contributed by atoms with E-state index in [1.807, 2.05) is 0 Å². The molecule has 1 fully saturated rings. The van der Waals surface area contributed by atoms with E-state index < -0.39 is 34.4 Å². The van der Waals surface area contributed by atoms with Crippen LogP contribution in [0.25, 0.3) is 27.7 Å². The quantitative estimate of drug-likeness (QED) is 0.277. The van der Waals surface area contributed by atoms with Gasteiger partial charge in [-0.15, -0.1) is 0 Å². The molecule has 0 atom stereocenters. The summed E-state index contributed by atoms with van der Waals surface area (Å²) in [6.07, 6.45) is -2.93. The van der Waals surface area contributed by atoms with Crippen LogP contribution in [-0.2, 0) is 11.0 Å². The fourth-order valence-corrected chi connectivity index (χ4v) is 4.53. The van der Waals surface area contributed by atoms with E-state index in [-0.39, 0.29) is 27.7 Å². The van der Waals surface area contributed by atoms with Crippen LogP contribution >= 0.6 is 11.6 Å². The van der Waals surface area contributed by atoms with Crippen LogP contribution in [0.2, 0.25) is 5.02 Å². The maximum absolute atomic E-state index is 15.8. The largest absolute Gasteiger partial charge is 0.435 e. The average Bonchev–Trinajstić information content (AvgIpc) is 3.21. The molecule has 3 aromatic carbocycles. The van der Waals surface area contributed by atoms with Crippen molar-refractivity contribution < 1.29 is 26.7 Å². The molecule has 5 rings (SSSR count). The fourth-order valence-electron chi connectivity index (χ4n) is 4.35. The molecule has 0 N–H and O–H groups in total. The Balaban J connectivity index is 1.68. The molecule has 0 spiro atoms. The minimum Gasteiger partial charge on any atom is -0.312 e. The van der Waals surface area contributed by atoms with Gasteiger partial charge in [0.15, 0.2) is 11.5 Å². The lowest BCUT2D eigenvalue weighted by Crippen LogP contribution is -2.35. The smallest absolute Gasteiger partial charge is 0.312 e. The van der Waals surface area contributed by atoms with Crippen molar-refractivity contribution in [1.82, 2.24) is 9.78 Å². The van der Waals surface area contributed by atoms with Gasteiger partial charge in [-0.25, -0.2) is 13.5 Å². The number of fused-ring (bicyclic) bond motifs is 1. The highest BCUT2D eigenvalue weighted by Gasteiger charge is 2.38. The van der Waals surface area contributed by atoms with Crippen molar-refractivity contribution in [3.05, 3.63) is 76.9 Å². The van der Waals surface area contributed by atoms with Crippen molar-refractivity contribution in [2.75, 3.05) is 11.4 Å². The Kier molecular flexibility index (Phi) is 5.75. The highest BCUT2D eigenvalue weighted by molar-refractivity contribution is 6.30. The Morgan fingerprint density at radius 2 is 1.69 bits per heavy atom. The predicted molar refractivity (Wildman–Crippen MR) is 123 cm³/mol. The molecular weight excluding hydrogens is 489 g/mol. The molecule has 1 aromatic heterocycles. The van der Waals surface area contributed by atoms with E-state index in [0.717, 1.165) is 35.7 Å². The Morgan fingerprint density at radius 1 is 0.914 bits per heavy atom. The number of halogens is 6. The number of hydrogen-bond acceptors (Lipinski definition) is 2. The second kappa shape index (κ2) is 8.64. The summed E-state index contributed by atoms with van der Waals surface area (Å²) in [5.41, 5.74) is -1.63. The van der Waals surface area contributed by atoms with Crippen LogP contribution in [0.4, 0.5) is 27.6 Å². The second-order valence-corrected chi connectivity index (χ2v) is 8.66. The van der Waals surface area contributed by atoms with Crippen molar-refractivity contribution in [3.8, 4) is 16.8 Å². The molecule has 1 aliphatic rings. The SMILES string of the molecule is O=C1CCCCN1c1ccc(-c2ccc3c(C(F)(F)F)nn(-c4cccc(Cl)c4)c3c2F)c(F)c1. The number of anilines is 1. The highest BCUT2D eigenvalue weighted by atomic mass is 35.5. The summed E-state index contributed by atoms with van der Waals surface area (Å²) in [5.74, 6) is -1.99. The maximum atomic E-state index is 15.8. The molecule has 0 radical (unpaired) electrons. The lowest BCUT2D eigenvalue weighted by atomic mass is 10.0. The molecule has 1 aliphatic heterocycles. The third-order valence-corrected chi connectivity index (χ3v) is 6.22. The zero-order chi connectivity index (χ0) is 24.9. The van der Waals surface area contributed by atoms with Gasteiger partial charge in [0, 0.05) is 40.2 Å². The summed E-state index contributed by atoms with van der Waals surface area (Å²) in [6.45, 7) is 0.455. The molecule has 4 aromatic rings. The molecule has 2 heterocycles. The van der Waals surface area contributed by atoms with E-state index in [1.54, 1.807) is 0 Å². The first-order valence-corrected chi connectivity index (χ1v) is 11.2. The zero-order valence-corrected chi connectivity index (χ0v) is 18.8. The third kappa shape index (κ3) is 4.14. The summed E-state index contributed by atoms with van der Waals surface area (Å²) < 4.78 is 72.8. The first kappa shape index (κ1) is 23.3. The standard InChI is InChI=1S/C25H17ClF5N3O/c26-14-4-3-5-16(12-14)34-23-19(24(32-34)25(29,30)31)10-9-18(22(23)28)17-8-7-15(13-20(17)27)33-11-2-1-6-21(33)35/h3-5,7-10,12-13H,1-2,6,11H2. The van der Waals surface area contributed by atoms with Gasteiger partial charge in [0.25, 0.3) is 0 Å². The molecule has 0 aliphatic carbocycles. The van der Waals surface area contributed by atoms with Gasteiger partial charge in [-0.3, -0.25) is 4.79 Å². The molecule has 10 heteroatoms. The lowest BCUT2D eigenvalue weighted by molar-refractivity contribution is -0.140. The Morgan fingerprint density at radius 3 is 2.37 bits per heavy atom. The van der Waals surface area contributed by atoms with Crippen LogP contribution in [0.1, 0.15) is 25.0 Å². The molecule has 180 valence electrons. The predicted octanol–water partition coefficient (Wildman–Crippen LogP) is 7.16. The zero-order valence-electron chi connectivity index (χ0n) is 18.0. The molecule has 0 saturated carbocycles. The van der Waals surface area contributed by atoms with Crippen molar-refractivity contribution in [2.24, 2.45) is 0 Å². The number of benzene rings is 3. The Hall–Kier alpha value is -3.46. The number of carbonyl (C=O) groups is 1. The van der Waals surface area contributed by atoms with Crippen molar-refractivity contribution in [1.29, 1.82) is 0 Å². The number of aromatic nitrogens is 2. The number of hydrogen-bond donors (Lipinski definition) is 0.